The fourth-order valence-electron chi connectivity index (χ4n) is 7.04. The topological polar surface area (TPSA) is 131 Å². The van der Waals surface area contributed by atoms with Gasteiger partial charge in [0.15, 0.2) is 0 Å². The molecule has 1 amide bonds. The second-order valence-electron chi connectivity index (χ2n) is 10.7. The minimum absolute atomic E-state index is 0. The third-order valence-electron chi connectivity index (χ3n) is 8.16. The first-order chi connectivity index (χ1) is 14.9. The Hall–Kier alpha value is -0.480. The molecule has 0 spiro atoms. The molecular weight excluding hydrogens is 436 g/mol. The summed E-state index contributed by atoms with van der Waals surface area (Å²) < 4.78 is 6.10. The third-order valence-corrected chi connectivity index (χ3v) is 8.16. The first-order valence-corrected chi connectivity index (χ1v) is 12.2. The van der Waals surface area contributed by atoms with Gasteiger partial charge < -0.3 is 30.5 Å². The van der Waals surface area contributed by atoms with Crippen molar-refractivity contribution in [2.75, 3.05) is 26.4 Å². The molecular formula is C23H41ClN2O6. The molecule has 1 heterocycles. The fourth-order valence-corrected chi connectivity index (χ4v) is 7.04. The number of halogens is 1. The van der Waals surface area contributed by atoms with Gasteiger partial charge in [-0.15, -0.1) is 12.4 Å². The molecule has 6 N–H and O–H groups in total. The molecule has 0 radical (unpaired) electrons. The smallest absolute Gasteiger partial charge is 0.239 e. The highest BCUT2D eigenvalue weighted by atomic mass is 35.5. The highest BCUT2D eigenvalue weighted by Gasteiger charge is 2.51. The molecule has 0 unspecified atom stereocenters. The summed E-state index contributed by atoms with van der Waals surface area (Å²) in [6.07, 6.45) is 6.99. The number of carbonyl (C=O) groups is 1. The van der Waals surface area contributed by atoms with Crippen molar-refractivity contribution in [1.82, 2.24) is 10.6 Å². The van der Waals surface area contributed by atoms with Gasteiger partial charge in [0, 0.05) is 13.2 Å². The van der Waals surface area contributed by atoms with Gasteiger partial charge in [-0.05, 0) is 81.0 Å². The zero-order valence-corrected chi connectivity index (χ0v) is 19.6. The van der Waals surface area contributed by atoms with Gasteiger partial charge in [0.2, 0.25) is 5.91 Å². The van der Waals surface area contributed by atoms with Gasteiger partial charge in [-0.25, -0.2) is 0 Å². The Morgan fingerprint density at radius 3 is 2.16 bits per heavy atom. The lowest BCUT2D eigenvalue weighted by Crippen LogP contribution is -2.69. The second-order valence-corrected chi connectivity index (χ2v) is 10.7. The SMILES string of the molecule is Cl.O=C(NCCCCCOCC12CC3CC(CC(C3)C1)C2)[C@H]1N[C@H](CO)[C@@H](O)[C@H](O)[C@H]1O. The number of aliphatic hydroxyl groups excluding tert-OH is 4. The zero-order valence-electron chi connectivity index (χ0n) is 18.8. The maximum Gasteiger partial charge on any atom is 0.239 e. The number of hydrogen-bond donors (Lipinski definition) is 6. The molecule has 9 heteroatoms. The monoisotopic (exact) mass is 476 g/mol. The molecule has 0 aromatic rings. The van der Waals surface area contributed by atoms with Crippen molar-refractivity contribution in [3.05, 3.63) is 0 Å². The van der Waals surface area contributed by atoms with E-state index in [0.717, 1.165) is 50.2 Å². The predicted molar refractivity (Wildman–Crippen MR) is 121 cm³/mol. The lowest BCUT2D eigenvalue weighted by atomic mass is 9.50. The number of carbonyl (C=O) groups excluding carboxylic acids is 1. The largest absolute Gasteiger partial charge is 0.395 e. The first kappa shape index (κ1) is 26.1. The molecule has 5 atom stereocenters. The molecule has 0 aromatic carbocycles. The summed E-state index contributed by atoms with van der Waals surface area (Å²) in [5.74, 6) is 2.42. The van der Waals surface area contributed by atoms with Crippen LogP contribution < -0.4 is 10.6 Å². The fraction of sp³-hybridized carbons (Fsp3) is 0.957. The quantitative estimate of drug-likeness (QED) is 0.251. The van der Waals surface area contributed by atoms with Crippen molar-refractivity contribution in [3.8, 4) is 0 Å². The Balaban J connectivity index is 0.00000289. The number of unbranched alkanes of at least 4 members (excludes halogenated alkanes) is 2. The number of ether oxygens (including phenoxy) is 1. The predicted octanol–water partition coefficient (Wildman–Crippen LogP) is 0.343. The van der Waals surface area contributed by atoms with Crippen LogP contribution in [0.1, 0.15) is 57.8 Å². The van der Waals surface area contributed by atoms with Crippen molar-refractivity contribution in [2.24, 2.45) is 23.2 Å². The molecule has 4 bridgehead atoms. The van der Waals surface area contributed by atoms with E-state index < -0.39 is 42.9 Å². The molecule has 1 aliphatic heterocycles. The maximum atomic E-state index is 12.3. The van der Waals surface area contributed by atoms with Crippen LogP contribution >= 0.6 is 12.4 Å². The van der Waals surface area contributed by atoms with Crippen LogP contribution in [0.25, 0.3) is 0 Å². The molecule has 186 valence electrons. The summed E-state index contributed by atoms with van der Waals surface area (Å²) in [4.78, 5) is 12.3. The lowest BCUT2D eigenvalue weighted by molar-refractivity contribution is -0.145. The van der Waals surface area contributed by atoms with Crippen molar-refractivity contribution in [1.29, 1.82) is 0 Å². The van der Waals surface area contributed by atoms with Gasteiger partial charge >= 0.3 is 0 Å². The maximum absolute atomic E-state index is 12.3. The molecule has 4 aliphatic carbocycles. The standard InChI is InChI=1S/C23H40N2O6.ClH/c26-12-17-19(27)21(29)20(28)18(25-17)22(30)24-4-2-1-3-5-31-13-23-9-14-6-15(10-23)8-16(7-14)11-23;/h14-21,25-29H,1-13H2,(H,24,30);1H/t14?,15?,16?,17-,18+,19-,20+,21+,23?;/m1./s1. The minimum atomic E-state index is -1.47. The van der Waals surface area contributed by atoms with E-state index in [1.807, 2.05) is 0 Å². The van der Waals surface area contributed by atoms with Crippen molar-refractivity contribution in [3.63, 3.8) is 0 Å². The Morgan fingerprint density at radius 2 is 1.56 bits per heavy atom. The van der Waals surface area contributed by atoms with Crippen LogP contribution in [-0.2, 0) is 9.53 Å². The van der Waals surface area contributed by atoms with E-state index >= 15 is 0 Å². The van der Waals surface area contributed by atoms with E-state index in [9.17, 15) is 25.2 Å². The van der Waals surface area contributed by atoms with Crippen LogP contribution in [0.15, 0.2) is 0 Å². The molecule has 4 saturated carbocycles. The van der Waals surface area contributed by atoms with Gasteiger partial charge in [-0.1, -0.05) is 0 Å². The van der Waals surface area contributed by atoms with Crippen molar-refractivity contribution in [2.45, 2.75) is 88.2 Å². The molecule has 8 nitrogen and oxygen atoms in total. The summed E-state index contributed by atoms with van der Waals surface area (Å²) in [5.41, 5.74) is 0.459. The number of hydrogen-bond acceptors (Lipinski definition) is 7. The molecule has 1 saturated heterocycles. The number of nitrogens with one attached hydrogen (secondary N) is 2. The number of amides is 1. The lowest BCUT2D eigenvalue weighted by Gasteiger charge is -2.56. The van der Waals surface area contributed by atoms with Gasteiger partial charge in [-0.3, -0.25) is 10.1 Å². The Morgan fingerprint density at radius 1 is 0.938 bits per heavy atom. The summed E-state index contributed by atoms with van der Waals surface area (Å²) >= 11 is 0. The van der Waals surface area contributed by atoms with Crippen LogP contribution in [0.5, 0.6) is 0 Å². The average Bonchev–Trinajstić information content (AvgIpc) is 2.73. The molecule has 0 aromatic heterocycles. The van der Waals surface area contributed by atoms with Gasteiger partial charge in [0.25, 0.3) is 0 Å². The van der Waals surface area contributed by atoms with Crippen LogP contribution in [0.4, 0.5) is 0 Å². The second kappa shape index (κ2) is 11.3. The summed E-state index contributed by atoms with van der Waals surface area (Å²) in [6, 6.07) is -1.90. The van der Waals surface area contributed by atoms with E-state index in [0.29, 0.717) is 12.0 Å². The van der Waals surface area contributed by atoms with Gasteiger partial charge in [-0.2, -0.15) is 0 Å². The Bertz CT molecular complexity index is 586. The molecule has 5 fully saturated rings. The normalized spacial score (nSPS) is 42.5. The Labute approximate surface area is 196 Å². The van der Waals surface area contributed by atoms with Crippen molar-refractivity contribution < 1.29 is 30.0 Å². The molecule has 32 heavy (non-hydrogen) atoms. The molecule has 5 aliphatic rings. The number of aliphatic hydroxyl groups is 4. The van der Waals surface area contributed by atoms with Crippen LogP contribution in [0, 0.1) is 23.2 Å². The van der Waals surface area contributed by atoms with E-state index in [2.05, 4.69) is 10.6 Å². The number of piperidine rings is 1. The van der Waals surface area contributed by atoms with E-state index in [4.69, 9.17) is 4.74 Å². The van der Waals surface area contributed by atoms with E-state index in [-0.39, 0.29) is 12.4 Å². The molecule has 5 rings (SSSR count). The van der Waals surface area contributed by atoms with E-state index in [1.165, 1.54) is 38.5 Å². The highest BCUT2D eigenvalue weighted by Crippen LogP contribution is 2.60. The summed E-state index contributed by atoms with van der Waals surface area (Å²) in [6.45, 7) is 1.72. The van der Waals surface area contributed by atoms with Crippen LogP contribution in [0.2, 0.25) is 0 Å². The first-order valence-electron chi connectivity index (χ1n) is 12.2. The summed E-state index contributed by atoms with van der Waals surface area (Å²) in [5, 5.41) is 44.5. The summed E-state index contributed by atoms with van der Waals surface area (Å²) in [7, 11) is 0. The average molecular weight is 477 g/mol. The van der Waals surface area contributed by atoms with Gasteiger partial charge in [0.1, 0.15) is 24.4 Å². The van der Waals surface area contributed by atoms with Crippen LogP contribution in [-0.4, -0.2) is 83.1 Å². The zero-order chi connectivity index (χ0) is 22.0. The van der Waals surface area contributed by atoms with E-state index in [1.54, 1.807) is 0 Å². The van der Waals surface area contributed by atoms with Gasteiger partial charge in [0.05, 0.1) is 19.3 Å². The van der Waals surface area contributed by atoms with Crippen LogP contribution in [0.3, 0.4) is 0 Å². The minimum Gasteiger partial charge on any atom is -0.395 e. The van der Waals surface area contributed by atoms with Crippen molar-refractivity contribution >= 4 is 18.3 Å². The Kier molecular flexibility index (Phi) is 9.23. The third kappa shape index (κ3) is 5.77. The number of rotatable bonds is 10. The highest BCUT2D eigenvalue weighted by molar-refractivity contribution is 5.85.